The number of benzene rings is 3. The maximum absolute atomic E-state index is 12.3. The highest BCUT2D eigenvalue weighted by Gasteiger charge is 2.13. The first kappa shape index (κ1) is 23.4. The highest BCUT2D eigenvalue weighted by atomic mass is 16.5. The summed E-state index contributed by atoms with van der Waals surface area (Å²) in [5, 5.41) is 5.17. The Balaban J connectivity index is 1.44. The van der Waals surface area contributed by atoms with Gasteiger partial charge in [0.15, 0.2) is 12.4 Å². The van der Waals surface area contributed by atoms with Crippen LogP contribution in [-0.2, 0) is 14.3 Å². The topological polar surface area (TPSA) is 102 Å². The Morgan fingerprint density at radius 1 is 0.758 bits per heavy atom. The summed E-state index contributed by atoms with van der Waals surface area (Å²) in [5.74, 6) is -1.65. The van der Waals surface area contributed by atoms with Crippen LogP contribution >= 0.6 is 0 Å². The number of rotatable bonds is 9. The molecule has 0 saturated heterocycles. The molecule has 7 nitrogen and oxygen atoms in total. The lowest BCUT2D eigenvalue weighted by Crippen LogP contribution is -2.31. The van der Waals surface area contributed by atoms with Crippen molar-refractivity contribution in [2.45, 2.75) is 13.3 Å². The summed E-state index contributed by atoms with van der Waals surface area (Å²) in [7, 11) is 0. The van der Waals surface area contributed by atoms with Crippen LogP contribution in [0.2, 0.25) is 0 Å². The maximum Gasteiger partial charge on any atom is 0.325 e. The number of nitrogens with one attached hydrogen (secondary N) is 2. The highest BCUT2D eigenvalue weighted by molar-refractivity contribution is 5.99. The van der Waals surface area contributed by atoms with E-state index in [9.17, 15) is 19.2 Å². The third-order valence-electron chi connectivity index (χ3n) is 4.82. The number of ether oxygens (including phenoxy) is 1. The lowest BCUT2D eigenvalue weighted by molar-refractivity contribution is -0.141. The Kier molecular flexibility index (Phi) is 8.07. The fraction of sp³-hybridized carbons (Fsp3) is 0.154. The van der Waals surface area contributed by atoms with Gasteiger partial charge in [-0.25, -0.2) is 0 Å². The molecular weight excluding hydrogens is 420 g/mol. The molecule has 7 heteroatoms. The van der Waals surface area contributed by atoms with E-state index in [1.807, 2.05) is 42.5 Å². The Bertz CT molecular complexity index is 1120. The van der Waals surface area contributed by atoms with Crippen LogP contribution < -0.4 is 10.6 Å². The van der Waals surface area contributed by atoms with Crippen molar-refractivity contribution < 1.29 is 23.9 Å². The molecule has 2 amide bonds. The van der Waals surface area contributed by atoms with Gasteiger partial charge in [-0.05, 0) is 47.5 Å². The molecule has 3 rings (SSSR count). The third-order valence-corrected chi connectivity index (χ3v) is 4.82. The van der Waals surface area contributed by atoms with Gasteiger partial charge in [0.2, 0.25) is 5.91 Å². The number of carbonyl (C=O) groups excluding carboxylic acids is 4. The molecule has 0 saturated carbocycles. The molecule has 0 aromatic heterocycles. The van der Waals surface area contributed by atoms with Crippen molar-refractivity contribution in [2.24, 2.45) is 0 Å². The van der Waals surface area contributed by atoms with Gasteiger partial charge in [-0.2, -0.15) is 0 Å². The van der Waals surface area contributed by atoms with E-state index in [2.05, 4.69) is 10.6 Å². The van der Waals surface area contributed by atoms with E-state index in [0.717, 1.165) is 11.1 Å². The molecule has 2 N–H and O–H groups in total. The van der Waals surface area contributed by atoms with Crippen molar-refractivity contribution >= 4 is 29.3 Å². The second-order valence-corrected chi connectivity index (χ2v) is 7.19. The number of anilines is 1. The van der Waals surface area contributed by atoms with E-state index in [4.69, 9.17) is 4.74 Å². The smallest absolute Gasteiger partial charge is 0.325 e. The first-order chi connectivity index (χ1) is 16.0. The number of Topliss-reactive ketones (excluding diaryl/α,β-unsaturated/α-hetero) is 1. The Morgan fingerprint density at radius 2 is 1.36 bits per heavy atom. The minimum absolute atomic E-state index is 0.128. The monoisotopic (exact) mass is 444 g/mol. The number of hydrogen-bond acceptors (Lipinski definition) is 5. The summed E-state index contributed by atoms with van der Waals surface area (Å²) in [4.78, 5) is 47.8. The standard InChI is InChI=1S/C26H24N2O5/c1-2-24(30)28-22-14-12-20(13-15-22)23(29)17-33-25(31)16-27-26(32)21-10-8-19(9-11-21)18-6-4-3-5-7-18/h3-15H,2,16-17H2,1H3,(H,27,32)(H,28,30). The molecule has 0 atom stereocenters. The van der Waals surface area contributed by atoms with E-state index in [1.165, 1.54) is 0 Å². The zero-order chi connectivity index (χ0) is 23.6. The molecule has 0 radical (unpaired) electrons. The molecule has 0 bridgehead atoms. The van der Waals surface area contributed by atoms with E-state index < -0.39 is 18.5 Å². The van der Waals surface area contributed by atoms with Gasteiger partial charge in [-0.1, -0.05) is 49.4 Å². The Hall–Kier alpha value is -4.26. The van der Waals surface area contributed by atoms with Gasteiger partial charge >= 0.3 is 5.97 Å². The zero-order valence-corrected chi connectivity index (χ0v) is 18.2. The molecule has 0 unspecified atom stereocenters. The van der Waals surface area contributed by atoms with Crippen LogP contribution in [0.3, 0.4) is 0 Å². The predicted molar refractivity (Wildman–Crippen MR) is 125 cm³/mol. The predicted octanol–water partition coefficient (Wildman–Crippen LogP) is 3.86. The van der Waals surface area contributed by atoms with Crippen molar-refractivity contribution in [1.29, 1.82) is 0 Å². The minimum atomic E-state index is -0.718. The Labute approximate surface area is 191 Å². The molecule has 0 aliphatic rings. The molecule has 0 fully saturated rings. The van der Waals surface area contributed by atoms with Crippen LogP contribution in [0.1, 0.15) is 34.1 Å². The van der Waals surface area contributed by atoms with Crippen molar-refractivity contribution in [3.8, 4) is 11.1 Å². The van der Waals surface area contributed by atoms with E-state index in [1.54, 1.807) is 43.3 Å². The molecule has 3 aromatic rings. The summed E-state index contributed by atoms with van der Waals surface area (Å²) in [6, 6.07) is 23.1. The number of hydrogen-bond donors (Lipinski definition) is 2. The summed E-state index contributed by atoms with van der Waals surface area (Å²) in [5.41, 5.74) is 3.35. The maximum atomic E-state index is 12.3. The molecule has 0 aliphatic carbocycles. The van der Waals surface area contributed by atoms with Crippen LogP contribution in [0.5, 0.6) is 0 Å². The van der Waals surface area contributed by atoms with Crippen LogP contribution in [-0.4, -0.2) is 36.7 Å². The van der Waals surface area contributed by atoms with Gasteiger partial charge < -0.3 is 15.4 Å². The average Bonchev–Trinajstić information content (AvgIpc) is 2.86. The molecule has 33 heavy (non-hydrogen) atoms. The lowest BCUT2D eigenvalue weighted by atomic mass is 10.0. The molecule has 0 spiro atoms. The Morgan fingerprint density at radius 3 is 2.00 bits per heavy atom. The third kappa shape index (κ3) is 6.87. The second-order valence-electron chi connectivity index (χ2n) is 7.19. The first-order valence-electron chi connectivity index (χ1n) is 10.5. The van der Waals surface area contributed by atoms with Crippen molar-refractivity contribution in [3.05, 3.63) is 90.0 Å². The van der Waals surface area contributed by atoms with E-state index in [-0.39, 0.29) is 18.2 Å². The lowest BCUT2D eigenvalue weighted by Gasteiger charge is -2.08. The number of esters is 1. The fourth-order valence-corrected chi connectivity index (χ4v) is 2.97. The normalized spacial score (nSPS) is 10.2. The average molecular weight is 444 g/mol. The number of ketones is 1. The van der Waals surface area contributed by atoms with E-state index in [0.29, 0.717) is 23.2 Å². The van der Waals surface area contributed by atoms with Crippen molar-refractivity contribution in [1.82, 2.24) is 5.32 Å². The number of amides is 2. The van der Waals surface area contributed by atoms with Gasteiger partial charge in [-0.15, -0.1) is 0 Å². The van der Waals surface area contributed by atoms with Gasteiger partial charge in [0.1, 0.15) is 6.54 Å². The molecule has 168 valence electrons. The van der Waals surface area contributed by atoms with Crippen molar-refractivity contribution in [3.63, 3.8) is 0 Å². The summed E-state index contributed by atoms with van der Waals surface area (Å²) in [6.07, 6.45) is 0.353. The summed E-state index contributed by atoms with van der Waals surface area (Å²) >= 11 is 0. The second kappa shape index (κ2) is 11.4. The highest BCUT2D eigenvalue weighted by Crippen LogP contribution is 2.19. The van der Waals surface area contributed by atoms with E-state index >= 15 is 0 Å². The van der Waals surface area contributed by atoms with Crippen LogP contribution in [0.4, 0.5) is 5.69 Å². The van der Waals surface area contributed by atoms with Gasteiger partial charge in [0.25, 0.3) is 5.91 Å². The fourth-order valence-electron chi connectivity index (χ4n) is 2.97. The van der Waals surface area contributed by atoms with Crippen LogP contribution in [0, 0.1) is 0 Å². The molecule has 0 heterocycles. The molecule has 0 aliphatic heterocycles. The van der Waals surface area contributed by atoms with Crippen LogP contribution in [0.25, 0.3) is 11.1 Å². The largest absolute Gasteiger partial charge is 0.456 e. The van der Waals surface area contributed by atoms with Gasteiger partial charge in [-0.3, -0.25) is 19.2 Å². The molecular formula is C26H24N2O5. The zero-order valence-electron chi connectivity index (χ0n) is 18.2. The molecule has 3 aromatic carbocycles. The van der Waals surface area contributed by atoms with Crippen LogP contribution in [0.15, 0.2) is 78.9 Å². The summed E-state index contributed by atoms with van der Waals surface area (Å²) < 4.78 is 4.96. The first-order valence-corrected chi connectivity index (χ1v) is 10.5. The quantitative estimate of drug-likeness (QED) is 0.386. The van der Waals surface area contributed by atoms with Gasteiger partial charge in [0.05, 0.1) is 0 Å². The van der Waals surface area contributed by atoms with Gasteiger partial charge in [0, 0.05) is 23.2 Å². The SMILES string of the molecule is CCC(=O)Nc1ccc(C(=O)COC(=O)CNC(=O)c2ccc(-c3ccccc3)cc2)cc1. The van der Waals surface area contributed by atoms with Crippen molar-refractivity contribution in [2.75, 3.05) is 18.5 Å². The number of carbonyl (C=O) groups is 4. The summed E-state index contributed by atoms with van der Waals surface area (Å²) in [6.45, 7) is 0.946. The minimum Gasteiger partial charge on any atom is -0.456 e.